The van der Waals surface area contributed by atoms with Gasteiger partial charge < -0.3 is 39.0 Å². The molecule has 3 aromatic carbocycles. The average Bonchev–Trinajstić information content (AvgIpc) is 3.48. The van der Waals surface area contributed by atoms with Crippen molar-refractivity contribution in [2.45, 2.75) is 44.5 Å². The highest BCUT2D eigenvalue weighted by atomic mass is 16.5. The number of rotatable bonds is 4. The molecule has 0 saturated carbocycles. The lowest BCUT2D eigenvalue weighted by molar-refractivity contribution is -0.136. The fourth-order valence-corrected chi connectivity index (χ4v) is 6.00. The van der Waals surface area contributed by atoms with Crippen molar-refractivity contribution in [1.29, 1.82) is 0 Å². The van der Waals surface area contributed by atoms with Gasteiger partial charge in [0, 0.05) is 55.8 Å². The minimum Gasteiger partial charge on any atom is -0.496 e. The SMILES string of the molecule is COc1cc2ccc1CNC(=O)CCc1ccc(OC)c(c1)OCC(=O)N[C@@H]1CN(C(=O)Cn3ccc4ccccc43)CC[C@@H]1O2. The number of aromatic nitrogens is 1. The van der Waals surface area contributed by atoms with Gasteiger partial charge in [0.2, 0.25) is 11.8 Å². The molecule has 3 aliphatic rings. The Bertz CT molecular complexity index is 1740. The fraction of sp³-hybridized carbons (Fsp3) is 0.343. The van der Waals surface area contributed by atoms with Crippen molar-refractivity contribution >= 4 is 28.6 Å². The van der Waals surface area contributed by atoms with Crippen molar-refractivity contribution < 1.29 is 33.3 Å². The monoisotopic (exact) mass is 626 g/mol. The van der Waals surface area contributed by atoms with Crippen LogP contribution in [0, 0.1) is 0 Å². The number of piperidine rings is 1. The van der Waals surface area contributed by atoms with Crippen LogP contribution < -0.4 is 29.6 Å². The van der Waals surface area contributed by atoms with Crippen LogP contribution >= 0.6 is 0 Å². The molecule has 4 bridgehead atoms. The number of carbonyl (C=O) groups excluding carboxylic acids is 3. The number of nitrogens with one attached hydrogen (secondary N) is 2. The number of ether oxygens (including phenoxy) is 4. The van der Waals surface area contributed by atoms with E-state index in [1.165, 1.54) is 7.11 Å². The number of fused-ring (bicyclic) bond motifs is 10. The largest absolute Gasteiger partial charge is 0.496 e. The zero-order valence-corrected chi connectivity index (χ0v) is 26.0. The van der Waals surface area contributed by atoms with Crippen LogP contribution in [-0.4, -0.2) is 73.3 Å². The van der Waals surface area contributed by atoms with Crippen molar-refractivity contribution in [1.82, 2.24) is 20.1 Å². The highest BCUT2D eigenvalue weighted by Gasteiger charge is 2.34. The molecule has 3 amide bonds. The van der Waals surface area contributed by atoms with Gasteiger partial charge in [0.1, 0.15) is 24.1 Å². The summed E-state index contributed by atoms with van der Waals surface area (Å²) in [5.74, 6) is 1.52. The highest BCUT2D eigenvalue weighted by Crippen LogP contribution is 2.30. The second-order valence-electron chi connectivity index (χ2n) is 11.5. The van der Waals surface area contributed by atoms with E-state index in [0.29, 0.717) is 48.9 Å². The molecule has 2 atom stereocenters. The summed E-state index contributed by atoms with van der Waals surface area (Å²) in [6, 6.07) is 20.3. The predicted octanol–water partition coefficient (Wildman–Crippen LogP) is 3.46. The van der Waals surface area contributed by atoms with Crippen LogP contribution in [-0.2, 0) is 33.9 Å². The molecule has 11 nitrogen and oxygen atoms in total. The van der Waals surface area contributed by atoms with Gasteiger partial charge in [-0.1, -0.05) is 24.3 Å². The number of benzene rings is 3. The molecule has 4 heterocycles. The van der Waals surface area contributed by atoms with Crippen molar-refractivity contribution in [2.75, 3.05) is 33.9 Å². The molecule has 11 heteroatoms. The smallest absolute Gasteiger partial charge is 0.258 e. The molecule has 0 unspecified atom stereocenters. The second kappa shape index (κ2) is 13.8. The normalized spacial score (nSPS) is 19.0. The standard InChI is InChI=1S/C35H38N4O7/c1-43-30-11-7-23-8-12-33(40)36-19-25-9-10-26(18-31(25)44-2)46-29-14-16-39(20-27(29)37-34(41)22-45-32(30)17-23)35(42)21-38-15-13-24-5-3-4-6-28(24)38/h3-7,9-11,13,15,17-18,27,29H,8,12,14,16,19-22H2,1-2H3,(H,36,40)(H,37,41)/t27-,29+/m1/s1. The van der Waals surface area contributed by atoms with Gasteiger partial charge in [-0.05, 0) is 53.8 Å². The molecule has 1 aromatic heterocycles. The number of nitrogens with zero attached hydrogens (tertiary/aromatic N) is 2. The van der Waals surface area contributed by atoms with Crippen LogP contribution in [0.5, 0.6) is 23.0 Å². The first-order valence-corrected chi connectivity index (χ1v) is 15.4. The van der Waals surface area contributed by atoms with E-state index in [1.54, 1.807) is 30.2 Å². The molecule has 1 saturated heterocycles. The molecule has 0 aliphatic carbocycles. The Morgan fingerprint density at radius 1 is 0.957 bits per heavy atom. The van der Waals surface area contributed by atoms with Crippen LogP contribution in [0.1, 0.15) is 24.0 Å². The molecular formula is C35H38N4O7. The van der Waals surface area contributed by atoms with E-state index in [-0.39, 0.29) is 43.8 Å². The molecule has 0 radical (unpaired) electrons. The van der Waals surface area contributed by atoms with Crippen LogP contribution in [0.25, 0.3) is 10.9 Å². The van der Waals surface area contributed by atoms with E-state index in [9.17, 15) is 14.4 Å². The third kappa shape index (κ3) is 7.03. The first-order chi connectivity index (χ1) is 22.4. The van der Waals surface area contributed by atoms with Crippen LogP contribution in [0.15, 0.2) is 72.9 Å². The maximum Gasteiger partial charge on any atom is 0.258 e. The van der Waals surface area contributed by atoms with Gasteiger partial charge in [-0.3, -0.25) is 14.4 Å². The maximum atomic E-state index is 13.5. The van der Waals surface area contributed by atoms with Crippen LogP contribution in [0.4, 0.5) is 0 Å². The average molecular weight is 627 g/mol. The summed E-state index contributed by atoms with van der Waals surface area (Å²) in [7, 11) is 3.10. The van der Waals surface area contributed by atoms with Crippen molar-refractivity contribution in [3.8, 4) is 23.0 Å². The number of likely N-dealkylation sites (tertiary alicyclic amines) is 1. The summed E-state index contributed by atoms with van der Waals surface area (Å²) in [5.41, 5.74) is 2.67. The molecule has 2 N–H and O–H groups in total. The summed E-state index contributed by atoms with van der Waals surface area (Å²) in [5, 5.41) is 7.09. The Morgan fingerprint density at radius 3 is 2.65 bits per heavy atom. The number of hydrogen-bond donors (Lipinski definition) is 2. The lowest BCUT2D eigenvalue weighted by Crippen LogP contribution is -2.59. The zero-order valence-electron chi connectivity index (χ0n) is 26.0. The van der Waals surface area contributed by atoms with E-state index in [4.69, 9.17) is 18.9 Å². The van der Waals surface area contributed by atoms with Gasteiger partial charge >= 0.3 is 0 Å². The van der Waals surface area contributed by atoms with E-state index in [2.05, 4.69) is 10.6 Å². The lowest BCUT2D eigenvalue weighted by atomic mass is 10.0. The molecule has 4 aromatic rings. The predicted molar refractivity (Wildman–Crippen MR) is 171 cm³/mol. The molecule has 46 heavy (non-hydrogen) atoms. The topological polar surface area (TPSA) is 120 Å². The van der Waals surface area contributed by atoms with Gasteiger partial charge in [-0.25, -0.2) is 0 Å². The second-order valence-corrected chi connectivity index (χ2v) is 11.5. The maximum absolute atomic E-state index is 13.5. The lowest BCUT2D eigenvalue weighted by Gasteiger charge is -2.39. The first kappa shape index (κ1) is 30.8. The van der Waals surface area contributed by atoms with E-state index in [0.717, 1.165) is 22.0 Å². The number of aryl methyl sites for hydroxylation is 1. The van der Waals surface area contributed by atoms with Crippen molar-refractivity contribution in [3.05, 3.63) is 84.1 Å². The van der Waals surface area contributed by atoms with E-state index in [1.807, 2.05) is 59.3 Å². The molecule has 7 rings (SSSR count). The Labute approximate surface area is 267 Å². The third-order valence-corrected chi connectivity index (χ3v) is 8.48. The zero-order chi connectivity index (χ0) is 32.0. The summed E-state index contributed by atoms with van der Waals surface area (Å²) in [6.45, 7) is 0.962. The van der Waals surface area contributed by atoms with Gasteiger partial charge in [0.25, 0.3) is 5.91 Å². The summed E-state index contributed by atoms with van der Waals surface area (Å²) in [4.78, 5) is 41.3. The Hall–Kier alpha value is -5.19. The van der Waals surface area contributed by atoms with Gasteiger partial charge in [0.15, 0.2) is 18.1 Å². The quantitative estimate of drug-likeness (QED) is 0.356. The Kier molecular flexibility index (Phi) is 9.28. The van der Waals surface area contributed by atoms with Gasteiger partial charge in [0.05, 0.1) is 20.3 Å². The molecular weight excluding hydrogens is 588 g/mol. The molecule has 3 aliphatic heterocycles. The highest BCUT2D eigenvalue weighted by molar-refractivity contribution is 5.83. The number of hydrogen-bond acceptors (Lipinski definition) is 7. The number of methoxy groups -OCH3 is 2. The van der Waals surface area contributed by atoms with Gasteiger partial charge in [-0.15, -0.1) is 0 Å². The van der Waals surface area contributed by atoms with Crippen molar-refractivity contribution in [2.24, 2.45) is 0 Å². The van der Waals surface area contributed by atoms with E-state index >= 15 is 0 Å². The Morgan fingerprint density at radius 2 is 1.80 bits per heavy atom. The fourth-order valence-electron chi connectivity index (χ4n) is 6.00. The van der Waals surface area contributed by atoms with Gasteiger partial charge in [-0.2, -0.15) is 0 Å². The number of amides is 3. The first-order valence-electron chi connectivity index (χ1n) is 15.4. The number of carbonyl (C=O) groups is 3. The minimum atomic E-state index is -0.504. The molecule has 0 spiro atoms. The molecule has 1 fully saturated rings. The summed E-state index contributed by atoms with van der Waals surface area (Å²) >= 11 is 0. The third-order valence-electron chi connectivity index (χ3n) is 8.48. The number of para-hydroxylation sites is 1. The summed E-state index contributed by atoms with van der Waals surface area (Å²) in [6.07, 6.45) is 2.75. The van der Waals surface area contributed by atoms with Crippen LogP contribution in [0.2, 0.25) is 0 Å². The van der Waals surface area contributed by atoms with Crippen LogP contribution in [0.3, 0.4) is 0 Å². The van der Waals surface area contributed by atoms with Crippen molar-refractivity contribution in [3.63, 3.8) is 0 Å². The Balaban J connectivity index is 1.24. The minimum absolute atomic E-state index is 0.0459. The molecule has 240 valence electrons. The summed E-state index contributed by atoms with van der Waals surface area (Å²) < 4.78 is 25.3. The van der Waals surface area contributed by atoms with E-state index < -0.39 is 12.1 Å².